The molecule has 1 aromatic carbocycles. The smallest absolute Gasteiger partial charge is 0.298 e. The molecule has 0 spiro atoms. The molecular weight excluding hydrogens is 228 g/mol. The Bertz CT molecular complexity index is 433. The van der Waals surface area contributed by atoms with Gasteiger partial charge in [0.15, 0.2) is 5.75 Å². The largest absolute Gasteiger partial charge is 0.504 e. The summed E-state index contributed by atoms with van der Waals surface area (Å²) in [4.78, 5) is 0. The molecule has 0 aliphatic carbocycles. The predicted octanol–water partition coefficient (Wildman–Crippen LogP) is 0.922. The minimum Gasteiger partial charge on any atom is -0.504 e. The van der Waals surface area contributed by atoms with Crippen molar-refractivity contribution in [1.82, 2.24) is 4.72 Å². The molecule has 0 atom stereocenters. The average Bonchev–Trinajstić information content (AvgIpc) is 2.13. The number of anilines is 1. The maximum Gasteiger partial charge on any atom is 0.298 e. The van der Waals surface area contributed by atoms with Crippen molar-refractivity contribution in [2.24, 2.45) is 0 Å². The van der Waals surface area contributed by atoms with Crippen LogP contribution in [0.4, 0.5) is 5.69 Å². The van der Waals surface area contributed by atoms with Crippen molar-refractivity contribution in [1.29, 1.82) is 0 Å². The van der Waals surface area contributed by atoms with Gasteiger partial charge in [0, 0.05) is 7.05 Å². The quantitative estimate of drug-likeness (QED) is 0.683. The van der Waals surface area contributed by atoms with Gasteiger partial charge in [0.2, 0.25) is 0 Å². The Morgan fingerprint density at radius 3 is 2.64 bits per heavy atom. The van der Waals surface area contributed by atoms with Crippen molar-refractivity contribution in [2.45, 2.75) is 0 Å². The van der Waals surface area contributed by atoms with Crippen LogP contribution >= 0.6 is 11.6 Å². The molecular formula is C7H9ClN2O3S. The normalized spacial score (nSPS) is 11.3. The van der Waals surface area contributed by atoms with E-state index in [2.05, 4.69) is 4.72 Å². The summed E-state index contributed by atoms with van der Waals surface area (Å²) in [6, 6.07) is 4.37. The van der Waals surface area contributed by atoms with Crippen LogP contribution < -0.4 is 9.44 Å². The lowest BCUT2D eigenvalue weighted by Gasteiger charge is -2.08. The summed E-state index contributed by atoms with van der Waals surface area (Å²) in [6.45, 7) is 0. The molecule has 0 fully saturated rings. The van der Waals surface area contributed by atoms with Crippen molar-refractivity contribution < 1.29 is 13.5 Å². The van der Waals surface area contributed by atoms with Crippen molar-refractivity contribution in [2.75, 3.05) is 11.8 Å². The van der Waals surface area contributed by atoms with Gasteiger partial charge >= 0.3 is 0 Å². The maximum atomic E-state index is 11.1. The molecule has 1 rings (SSSR count). The van der Waals surface area contributed by atoms with Gasteiger partial charge < -0.3 is 5.11 Å². The second-order valence-electron chi connectivity index (χ2n) is 2.45. The number of rotatable bonds is 3. The topological polar surface area (TPSA) is 78.4 Å². The fraction of sp³-hybridized carbons (Fsp3) is 0.143. The van der Waals surface area contributed by atoms with Crippen molar-refractivity contribution in [3.8, 4) is 5.75 Å². The summed E-state index contributed by atoms with van der Waals surface area (Å²) in [7, 11) is -2.38. The van der Waals surface area contributed by atoms with E-state index in [0.29, 0.717) is 0 Å². The fourth-order valence-corrected chi connectivity index (χ4v) is 1.52. The number of para-hydroxylation sites is 1. The van der Waals surface area contributed by atoms with Crippen LogP contribution in [0.3, 0.4) is 0 Å². The predicted molar refractivity (Wildman–Crippen MR) is 54.7 cm³/mol. The third-order valence-corrected chi connectivity index (χ3v) is 2.83. The van der Waals surface area contributed by atoms with Crippen LogP contribution in [0.15, 0.2) is 18.2 Å². The molecule has 0 saturated carbocycles. The number of aromatic hydroxyl groups is 1. The lowest BCUT2D eigenvalue weighted by molar-refractivity contribution is 0.478. The van der Waals surface area contributed by atoms with Gasteiger partial charge in [-0.15, -0.1) is 0 Å². The second-order valence-corrected chi connectivity index (χ2v) is 4.47. The number of hydrogen-bond donors (Lipinski definition) is 3. The molecule has 5 nitrogen and oxygen atoms in total. The molecule has 0 radical (unpaired) electrons. The Kier molecular flexibility index (Phi) is 3.20. The molecule has 7 heteroatoms. The summed E-state index contributed by atoms with van der Waals surface area (Å²) >= 11 is 5.58. The molecule has 0 amide bonds. The Morgan fingerprint density at radius 2 is 2.07 bits per heavy atom. The van der Waals surface area contributed by atoms with Crippen LogP contribution in [0.1, 0.15) is 0 Å². The molecule has 0 unspecified atom stereocenters. The SMILES string of the molecule is CNS(=O)(=O)Nc1cccc(Cl)c1O. The first-order valence-electron chi connectivity index (χ1n) is 3.65. The van der Waals surface area contributed by atoms with E-state index in [4.69, 9.17) is 11.6 Å². The first-order chi connectivity index (χ1) is 6.46. The first-order valence-corrected chi connectivity index (χ1v) is 5.51. The minimum atomic E-state index is -3.63. The van der Waals surface area contributed by atoms with Crippen LogP contribution in [-0.4, -0.2) is 20.6 Å². The number of benzene rings is 1. The van der Waals surface area contributed by atoms with Crippen LogP contribution in [0.5, 0.6) is 5.75 Å². The number of hydrogen-bond acceptors (Lipinski definition) is 3. The van der Waals surface area contributed by atoms with Gasteiger partial charge in [0.05, 0.1) is 10.7 Å². The number of halogens is 1. The fourth-order valence-electron chi connectivity index (χ4n) is 0.793. The van der Waals surface area contributed by atoms with Gasteiger partial charge in [-0.05, 0) is 12.1 Å². The molecule has 0 saturated heterocycles. The Hall–Kier alpha value is -0.980. The second kappa shape index (κ2) is 4.04. The van der Waals surface area contributed by atoms with E-state index in [1.54, 1.807) is 0 Å². The highest BCUT2D eigenvalue weighted by Crippen LogP contribution is 2.31. The summed E-state index contributed by atoms with van der Waals surface area (Å²) in [6.07, 6.45) is 0. The van der Waals surface area contributed by atoms with Crippen LogP contribution in [0, 0.1) is 0 Å². The van der Waals surface area contributed by atoms with Crippen molar-refractivity contribution in [3.63, 3.8) is 0 Å². The molecule has 1 aromatic rings. The van der Waals surface area contributed by atoms with Gasteiger partial charge in [-0.2, -0.15) is 8.42 Å². The number of phenols is 1. The average molecular weight is 237 g/mol. The Morgan fingerprint density at radius 1 is 1.43 bits per heavy atom. The van der Waals surface area contributed by atoms with E-state index in [1.807, 2.05) is 4.72 Å². The molecule has 0 heterocycles. The van der Waals surface area contributed by atoms with Crippen molar-refractivity contribution in [3.05, 3.63) is 23.2 Å². The summed E-state index contributed by atoms with van der Waals surface area (Å²) in [5, 5.41) is 9.45. The number of nitrogens with one attached hydrogen (secondary N) is 2. The molecule has 0 aromatic heterocycles. The van der Waals surface area contributed by atoms with E-state index in [-0.39, 0.29) is 16.5 Å². The third kappa shape index (κ3) is 2.50. The molecule has 14 heavy (non-hydrogen) atoms. The minimum absolute atomic E-state index is 0.0341. The van der Waals surface area contributed by atoms with Gasteiger partial charge in [-0.3, -0.25) is 4.72 Å². The summed E-state index contributed by atoms with van der Waals surface area (Å²) in [5.41, 5.74) is 0.0341. The van der Waals surface area contributed by atoms with Gasteiger partial charge in [-0.1, -0.05) is 17.7 Å². The maximum absolute atomic E-state index is 11.1. The van der Waals surface area contributed by atoms with E-state index in [1.165, 1.54) is 25.2 Å². The molecule has 3 N–H and O–H groups in total. The monoisotopic (exact) mass is 236 g/mol. The molecule has 78 valence electrons. The summed E-state index contributed by atoms with van der Waals surface area (Å²) < 4.78 is 26.3. The zero-order chi connectivity index (χ0) is 10.8. The molecule has 0 bridgehead atoms. The van der Waals surface area contributed by atoms with E-state index in [0.717, 1.165) is 0 Å². The van der Waals surface area contributed by atoms with E-state index in [9.17, 15) is 13.5 Å². The standard InChI is InChI=1S/C7H9ClN2O3S/c1-9-14(12,13)10-6-4-2-3-5(8)7(6)11/h2-4,9-11H,1H3. The lowest BCUT2D eigenvalue weighted by Crippen LogP contribution is -2.26. The molecule has 0 aliphatic heterocycles. The van der Waals surface area contributed by atoms with E-state index < -0.39 is 10.2 Å². The van der Waals surface area contributed by atoms with Crippen molar-refractivity contribution >= 4 is 27.5 Å². The highest BCUT2D eigenvalue weighted by atomic mass is 35.5. The number of phenolic OH excluding ortho intramolecular Hbond substituents is 1. The zero-order valence-corrected chi connectivity index (χ0v) is 8.85. The van der Waals surface area contributed by atoms with E-state index >= 15 is 0 Å². The Labute approximate surface area is 86.9 Å². The molecule has 0 aliphatic rings. The first kappa shape index (κ1) is 11.1. The highest BCUT2D eigenvalue weighted by Gasteiger charge is 2.11. The third-order valence-electron chi connectivity index (χ3n) is 1.50. The van der Waals surface area contributed by atoms with Crippen LogP contribution in [-0.2, 0) is 10.2 Å². The van der Waals surface area contributed by atoms with Gasteiger partial charge in [0.1, 0.15) is 0 Å². The van der Waals surface area contributed by atoms with Gasteiger partial charge in [-0.25, -0.2) is 4.72 Å². The highest BCUT2D eigenvalue weighted by molar-refractivity contribution is 7.90. The lowest BCUT2D eigenvalue weighted by atomic mass is 10.3. The van der Waals surface area contributed by atoms with Crippen LogP contribution in [0.25, 0.3) is 0 Å². The van der Waals surface area contributed by atoms with Gasteiger partial charge in [0.25, 0.3) is 10.2 Å². The summed E-state index contributed by atoms with van der Waals surface area (Å²) in [5.74, 6) is -0.298. The Balaban J connectivity index is 3.05. The zero-order valence-electron chi connectivity index (χ0n) is 7.28. The van der Waals surface area contributed by atoms with Crippen LogP contribution in [0.2, 0.25) is 5.02 Å².